The molecule has 0 radical (unpaired) electrons. The summed E-state index contributed by atoms with van der Waals surface area (Å²) in [6, 6.07) is 13.3. The molecule has 34 heavy (non-hydrogen) atoms. The quantitative estimate of drug-likeness (QED) is 0.559. The van der Waals surface area contributed by atoms with E-state index >= 15 is 0 Å². The molecule has 1 aromatic heterocycles. The zero-order valence-corrected chi connectivity index (χ0v) is 19.9. The predicted octanol–water partition coefficient (Wildman–Crippen LogP) is 3.52. The summed E-state index contributed by atoms with van der Waals surface area (Å²) in [5.74, 6) is 1.00. The smallest absolute Gasteiger partial charge is 0.263 e. The molecular weight excluding hydrogens is 433 g/mol. The Hall–Kier alpha value is -3.70. The molecule has 0 N–H and O–H groups in total. The van der Waals surface area contributed by atoms with Gasteiger partial charge in [-0.15, -0.1) is 0 Å². The van der Waals surface area contributed by atoms with E-state index in [0.29, 0.717) is 40.0 Å². The highest BCUT2D eigenvalue weighted by atomic mass is 19.1. The van der Waals surface area contributed by atoms with Gasteiger partial charge < -0.3 is 14.5 Å². The van der Waals surface area contributed by atoms with Crippen LogP contribution < -0.4 is 15.2 Å². The molecule has 0 spiro atoms. The van der Waals surface area contributed by atoms with E-state index in [1.807, 2.05) is 18.0 Å². The number of ether oxygens (including phenoxy) is 1. The first-order valence-electron chi connectivity index (χ1n) is 11.2. The zero-order valence-electron chi connectivity index (χ0n) is 19.9. The molecule has 1 unspecified atom stereocenters. The fraction of sp³-hybridized carbons (Fsp3) is 0.346. The Balaban J connectivity index is 1.86. The van der Waals surface area contributed by atoms with E-state index in [2.05, 4.69) is 11.9 Å². The first-order valence-corrected chi connectivity index (χ1v) is 11.2. The summed E-state index contributed by atoms with van der Waals surface area (Å²) in [6.07, 6.45) is 1.09. The van der Waals surface area contributed by atoms with Crippen LogP contribution in [0.1, 0.15) is 12.0 Å². The number of aromatic nitrogens is 2. The number of methoxy groups -OCH3 is 1. The van der Waals surface area contributed by atoms with Gasteiger partial charge in [-0.1, -0.05) is 18.2 Å². The highest BCUT2D eigenvalue weighted by Gasteiger charge is 2.25. The molecule has 0 saturated carbocycles. The summed E-state index contributed by atoms with van der Waals surface area (Å²) < 4.78 is 21.3. The first kappa shape index (κ1) is 23.5. The number of likely N-dealkylation sites (tertiary alicyclic amines) is 1. The van der Waals surface area contributed by atoms with Crippen LogP contribution in [0.4, 0.5) is 10.3 Å². The number of anilines is 1. The zero-order chi connectivity index (χ0) is 24.4. The molecule has 8 heteroatoms. The van der Waals surface area contributed by atoms with Crippen molar-refractivity contribution < 1.29 is 9.13 Å². The topological polar surface area (TPSA) is 74.4 Å². The summed E-state index contributed by atoms with van der Waals surface area (Å²) in [5.41, 5.74) is 1.55. The van der Waals surface area contributed by atoms with Gasteiger partial charge in [0.1, 0.15) is 17.6 Å². The number of benzene rings is 2. The van der Waals surface area contributed by atoms with Crippen molar-refractivity contribution in [2.24, 2.45) is 13.0 Å². The summed E-state index contributed by atoms with van der Waals surface area (Å²) in [5, 5.41) is 9.13. The van der Waals surface area contributed by atoms with Crippen molar-refractivity contribution in [2.45, 2.75) is 6.42 Å². The van der Waals surface area contributed by atoms with Gasteiger partial charge in [-0.25, -0.2) is 9.37 Å². The molecule has 7 nitrogen and oxygen atoms in total. The second-order valence-electron chi connectivity index (χ2n) is 8.83. The van der Waals surface area contributed by atoms with E-state index in [9.17, 15) is 9.18 Å². The van der Waals surface area contributed by atoms with Crippen molar-refractivity contribution in [3.8, 4) is 34.2 Å². The molecule has 0 amide bonds. The lowest BCUT2D eigenvalue weighted by molar-refractivity contribution is 0.395. The van der Waals surface area contributed by atoms with E-state index in [1.54, 1.807) is 49.1 Å². The molecule has 0 bridgehead atoms. The lowest BCUT2D eigenvalue weighted by Crippen LogP contribution is -2.34. The Morgan fingerprint density at radius 2 is 1.91 bits per heavy atom. The van der Waals surface area contributed by atoms with Crippen molar-refractivity contribution in [3.05, 3.63) is 64.2 Å². The van der Waals surface area contributed by atoms with Gasteiger partial charge in [0.15, 0.2) is 0 Å². The Morgan fingerprint density at radius 3 is 2.50 bits per heavy atom. The maximum absolute atomic E-state index is 14.5. The van der Waals surface area contributed by atoms with Crippen molar-refractivity contribution in [1.82, 2.24) is 14.5 Å². The maximum Gasteiger partial charge on any atom is 0.263 e. The third kappa shape index (κ3) is 4.52. The fourth-order valence-corrected chi connectivity index (χ4v) is 4.56. The van der Waals surface area contributed by atoms with Crippen LogP contribution in [-0.2, 0) is 7.05 Å². The number of hydrogen-bond donors (Lipinski definition) is 0. The van der Waals surface area contributed by atoms with Crippen LogP contribution in [0.3, 0.4) is 0 Å². The number of nitrogens with zero attached hydrogens (tertiary/aromatic N) is 5. The second-order valence-corrected chi connectivity index (χ2v) is 8.83. The minimum absolute atomic E-state index is 0.0544. The number of halogens is 1. The van der Waals surface area contributed by atoms with E-state index in [4.69, 9.17) is 15.0 Å². The summed E-state index contributed by atoms with van der Waals surface area (Å²) in [4.78, 5) is 22.8. The number of hydrogen-bond acceptors (Lipinski definition) is 6. The molecule has 1 atom stereocenters. The lowest BCUT2D eigenvalue weighted by Gasteiger charge is -2.25. The molecule has 1 fully saturated rings. The van der Waals surface area contributed by atoms with Gasteiger partial charge in [0.05, 0.1) is 23.9 Å². The molecule has 4 rings (SSSR count). The van der Waals surface area contributed by atoms with Gasteiger partial charge in [-0.2, -0.15) is 5.26 Å². The van der Waals surface area contributed by atoms with Crippen LogP contribution in [0, 0.1) is 23.1 Å². The van der Waals surface area contributed by atoms with Gasteiger partial charge in [0, 0.05) is 32.7 Å². The van der Waals surface area contributed by atoms with Gasteiger partial charge in [-0.3, -0.25) is 9.36 Å². The third-order valence-corrected chi connectivity index (χ3v) is 6.37. The lowest BCUT2D eigenvalue weighted by atomic mass is 9.99. The molecule has 1 aliphatic heterocycles. The van der Waals surface area contributed by atoms with E-state index < -0.39 is 5.82 Å². The second kappa shape index (κ2) is 9.65. The van der Waals surface area contributed by atoms with E-state index in [0.717, 1.165) is 26.1 Å². The standard InChI is InChI=1S/C26H28FN5O2/c1-30-12-11-17(15-30)16-31(2)26-29-24(19-5-6-20(14-28)22(27)13-19)23(25(33)32(26)3)18-7-9-21(34-4)10-8-18/h5-10,13,17H,11-12,15-16H2,1-4H3. The van der Waals surface area contributed by atoms with Crippen molar-refractivity contribution in [2.75, 3.05) is 45.7 Å². The minimum atomic E-state index is -0.646. The monoisotopic (exact) mass is 461 g/mol. The predicted molar refractivity (Wildman–Crippen MR) is 130 cm³/mol. The average Bonchev–Trinajstić information content (AvgIpc) is 3.24. The fourth-order valence-electron chi connectivity index (χ4n) is 4.56. The molecular formula is C26H28FN5O2. The number of rotatable bonds is 6. The summed E-state index contributed by atoms with van der Waals surface area (Å²) in [6.45, 7) is 2.81. The van der Waals surface area contributed by atoms with E-state index in [-0.39, 0.29) is 11.1 Å². The van der Waals surface area contributed by atoms with Crippen LogP contribution in [0.2, 0.25) is 0 Å². The molecule has 1 aliphatic rings. The molecule has 3 aromatic rings. The van der Waals surface area contributed by atoms with Gasteiger partial charge >= 0.3 is 0 Å². The molecule has 0 aliphatic carbocycles. The van der Waals surface area contributed by atoms with Crippen molar-refractivity contribution in [1.29, 1.82) is 5.26 Å². The van der Waals surface area contributed by atoms with Crippen molar-refractivity contribution >= 4 is 5.95 Å². The molecule has 176 valence electrons. The average molecular weight is 462 g/mol. The highest BCUT2D eigenvalue weighted by Crippen LogP contribution is 2.32. The SMILES string of the molecule is COc1ccc(-c2c(-c3ccc(C#N)c(F)c3)nc(N(C)CC3CCN(C)C3)n(C)c2=O)cc1. The third-order valence-electron chi connectivity index (χ3n) is 6.37. The first-order chi connectivity index (χ1) is 16.3. The maximum atomic E-state index is 14.5. The largest absolute Gasteiger partial charge is 0.497 e. The van der Waals surface area contributed by atoms with Gasteiger partial charge in [0.25, 0.3) is 5.56 Å². The highest BCUT2D eigenvalue weighted by molar-refractivity contribution is 5.81. The van der Waals surface area contributed by atoms with Crippen LogP contribution in [0.15, 0.2) is 47.3 Å². The normalized spacial score (nSPS) is 15.8. The Labute approximate surface area is 198 Å². The van der Waals surface area contributed by atoms with E-state index in [1.165, 1.54) is 12.1 Å². The van der Waals surface area contributed by atoms with Crippen LogP contribution in [0.5, 0.6) is 5.75 Å². The van der Waals surface area contributed by atoms with Gasteiger partial charge in [0.2, 0.25) is 5.95 Å². The summed E-state index contributed by atoms with van der Waals surface area (Å²) in [7, 11) is 7.32. The minimum Gasteiger partial charge on any atom is -0.497 e. The molecule has 1 saturated heterocycles. The van der Waals surface area contributed by atoms with Crippen molar-refractivity contribution in [3.63, 3.8) is 0 Å². The Bertz CT molecular complexity index is 1300. The Kier molecular flexibility index (Phi) is 6.66. The molecule has 2 aromatic carbocycles. The van der Waals surface area contributed by atoms with Crippen LogP contribution in [0.25, 0.3) is 22.4 Å². The van der Waals surface area contributed by atoms with Crippen LogP contribution in [-0.4, -0.2) is 55.3 Å². The Morgan fingerprint density at radius 1 is 1.21 bits per heavy atom. The van der Waals surface area contributed by atoms with Gasteiger partial charge in [-0.05, 0) is 55.8 Å². The molecule has 2 heterocycles. The number of nitriles is 1. The van der Waals surface area contributed by atoms with Crippen LogP contribution >= 0.6 is 0 Å². The summed E-state index contributed by atoms with van der Waals surface area (Å²) >= 11 is 0.